The largest absolute Gasteiger partial charge is 0.343 e. The first-order chi connectivity index (χ1) is 7.56. The first-order valence-corrected chi connectivity index (χ1v) is 6.47. The van der Waals surface area contributed by atoms with E-state index in [-0.39, 0.29) is 11.8 Å². The van der Waals surface area contributed by atoms with Crippen LogP contribution in [-0.4, -0.2) is 37.5 Å². The number of nitrogens with zero attached hydrogens (tertiary/aromatic N) is 1. The molecular formula is C13H26N2O. The molecule has 1 aliphatic rings. The van der Waals surface area contributed by atoms with E-state index in [0.717, 1.165) is 12.5 Å². The highest BCUT2D eigenvalue weighted by atomic mass is 16.2. The second-order valence-corrected chi connectivity index (χ2v) is 5.32. The molecule has 16 heavy (non-hydrogen) atoms. The number of hydrogen-bond acceptors (Lipinski definition) is 2. The number of carbonyl (C=O) groups is 1. The van der Waals surface area contributed by atoms with Crippen molar-refractivity contribution in [2.24, 2.45) is 11.8 Å². The molecule has 0 bridgehead atoms. The van der Waals surface area contributed by atoms with Crippen LogP contribution in [0.25, 0.3) is 0 Å². The summed E-state index contributed by atoms with van der Waals surface area (Å²) in [6.07, 6.45) is 4.89. The molecule has 1 N–H and O–H groups in total. The predicted octanol–water partition coefficient (Wildman–Crippen LogP) is 1.88. The lowest BCUT2D eigenvalue weighted by Crippen LogP contribution is -2.43. The minimum Gasteiger partial charge on any atom is -0.343 e. The Hall–Kier alpha value is -0.570. The number of carbonyl (C=O) groups excluding carboxylic acids is 1. The summed E-state index contributed by atoms with van der Waals surface area (Å²) in [6, 6.07) is 0.475. The first-order valence-electron chi connectivity index (χ1n) is 6.47. The Morgan fingerprint density at radius 3 is 2.44 bits per heavy atom. The predicted molar refractivity (Wildman–Crippen MR) is 67.3 cm³/mol. The van der Waals surface area contributed by atoms with Crippen molar-refractivity contribution in [1.82, 2.24) is 10.2 Å². The molecule has 0 aromatic carbocycles. The van der Waals surface area contributed by atoms with Crippen molar-refractivity contribution in [3.8, 4) is 0 Å². The van der Waals surface area contributed by atoms with Crippen molar-refractivity contribution in [1.29, 1.82) is 0 Å². The Bertz CT molecular complexity index is 222. The molecule has 0 heterocycles. The summed E-state index contributed by atoms with van der Waals surface area (Å²) < 4.78 is 0. The third kappa shape index (κ3) is 3.48. The number of rotatable bonds is 4. The summed E-state index contributed by atoms with van der Waals surface area (Å²) in [7, 11) is 3.86. The van der Waals surface area contributed by atoms with Gasteiger partial charge in [0.15, 0.2) is 0 Å². The van der Waals surface area contributed by atoms with E-state index in [9.17, 15) is 4.79 Å². The summed E-state index contributed by atoms with van der Waals surface area (Å²) in [4.78, 5) is 14.1. The number of hydrogen-bond donors (Lipinski definition) is 1. The molecule has 0 saturated heterocycles. The van der Waals surface area contributed by atoms with Crippen molar-refractivity contribution in [3.05, 3.63) is 0 Å². The first kappa shape index (κ1) is 13.5. The topological polar surface area (TPSA) is 32.3 Å². The molecule has 1 amide bonds. The van der Waals surface area contributed by atoms with Gasteiger partial charge >= 0.3 is 0 Å². The van der Waals surface area contributed by atoms with Gasteiger partial charge in [-0.05, 0) is 38.6 Å². The van der Waals surface area contributed by atoms with E-state index in [4.69, 9.17) is 0 Å². The van der Waals surface area contributed by atoms with Gasteiger partial charge in [0.25, 0.3) is 0 Å². The molecule has 0 aromatic rings. The van der Waals surface area contributed by atoms with Crippen molar-refractivity contribution < 1.29 is 4.79 Å². The maximum Gasteiger partial charge on any atom is 0.226 e. The van der Waals surface area contributed by atoms with E-state index in [1.165, 1.54) is 25.7 Å². The molecular weight excluding hydrogens is 200 g/mol. The van der Waals surface area contributed by atoms with E-state index in [2.05, 4.69) is 12.2 Å². The zero-order valence-corrected chi connectivity index (χ0v) is 11.1. The fourth-order valence-corrected chi connectivity index (χ4v) is 2.55. The van der Waals surface area contributed by atoms with E-state index in [1.54, 1.807) is 0 Å². The maximum atomic E-state index is 12.1. The molecule has 0 spiro atoms. The SMILES string of the molecule is CNCC(C)C(=O)N(C)C1CCC(C)CC1. The van der Waals surface area contributed by atoms with Gasteiger partial charge in [-0.15, -0.1) is 0 Å². The van der Waals surface area contributed by atoms with Crippen molar-refractivity contribution in [3.63, 3.8) is 0 Å². The zero-order chi connectivity index (χ0) is 12.1. The molecule has 3 nitrogen and oxygen atoms in total. The lowest BCUT2D eigenvalue weighted by atomic mass is 9.86. The fourth-order valence-electron chi connectivity index (χ4n) is 2.55. The second-order valence-electron chi connectivity index (χ2n) is 5.32. The van der Waals surface area contributed by atoms with Crippen LogP contribution in [0.4, 0.5) is 0 Å². The van der Waals surface area contributed by atoms with Gasteiger partial charge in [-0.2, -0.15) is 0 Å². The maximum absolute atomic E-state index is 12.1. The highest BCUT2D eigenvalue weighted by molar-refractivity contribution is 5.78. The minimum atomic E-state index is 0.0920. The number of nitrogens with one attached hydrogen (secondary N) is 1. The van der Waals surface area contributed by atoms with E-state index < -0.39 is 0 Å². The molecule has 1 atom stereocenters. The average molecular weight is 226 g/mol. The highest BCUT2D eigenvalue weighted by Gasteiger charge is 2.26. The molecule has 1 rings (SSSR count). The average Bonchev–Trinajstić information content (AvgIpc) is 2.28. The summed E-state index contributed by atoms with van der Waals surface area (Å²) in [5.41, 5.74) is 0. The Kier molecular flexibility index (Phi) is 5.26. The molecule has 0 radical (unpaired) electrons. The monoisotopic (exact) mass is 226 g/mol. The molecule has 1 aliphatic carbocycles. The van der Waals surface area contributed by atoms with Gasteiger partial charge in [0.05, 0.1) is 0 Å². The summed E-state index contributed by atoms with van der Waals surface area (Å²) in [6.45, 7) is 5.08. The number of amides is 1. The lowest BCUT2D eigenvalue weighted by Gasteiger charge is -2.35. The zero-order valence-electron chi connectivity index (χ0n) is 11.1. The minimum absolute atomic E-state index is 0.0920. The van der Waals surface area contributed by atoms with Crippen LogP contribution >= 0.6 is 0 Å². The second kappa shape index (κ2) is 6.24. The van der Waals surface area contributed by atoms with Crippen LogP contribution in [0.1, 0.15) is 39.5 Å². The third-order valence-electron chi connectivity index (χ3n) is 3.81. The molecule has 94 valence electrons. The Balaban J connectivity index is 2.44. The summed E-state index contributed by atoms with van der Waals surface area (Å²) in [5.74, 6) is 1.22. The highest BCUT2D eigenvalue weighted by Crippen LogP contribution is 2.27. The van der Waals surface area contributed by atoms with Crippen LogP contribution in [0.15, 0.2) is 0 Å². The Morgan fingerprint density at radius 2 is 1.94 bits per heavy atom. The lowest BCUT2D eigenvalue weighted by molar-refractivity contribution is -0.136. The van der Waals surface area contributed by atoms with Crippen molar-refractivity contribution >= 4 is 5.91 Å². The molecule has 1 saturated carbocycles. The van der Waals surface area contributed by atoms with E-state index in [1.807, 2.05) is 25.9 Å². The smallest absolute Gasteiger partial charge is 0.226 e. The normalized spacial score (nSPS) is 27.5. The van der Waals surface area contributed by atoms with E-state index in [0.29, 0.717) is 6.04 Å². The quantitative estimate of drug-likeness (QED) is 0.794. The van der Waals surface area contributed by atoms with Crippen LogP contribution in [0, 0.1) is 11.8 Å². The van der Waals surface area contributed by atoms with Gasteiger partial charge in [-0.3, -0.25) is 4.79 Å². The van der Waals surface area contributed by atoms with Crippen LogP contribution in [0.5, 0.6) is 0 Å². The fraction of sp³-hybridized carbons (Fsp3) is 0.923. The van der Waals surface area contributed by atoms with Crippen LogP contribution in [0.3, 0.4) is 0 Å². The molecule has 1 unspecified atom stereocenters. The van der Waals surface area contributed by atoms with Gasteiger partial charge in [0.1, 0.15) is 0 Å². The van der Waals surface area contributed by atoms with Gasteiger partial charge in [-0.25, -0.2) is 0 Å². The van der Waals surface area contributed by atoms with Crippen molar-refractivity contribution in [2.75, 3.05) is 20.6 Å². The van der Waals surface area contributed by atoms with Gasteiger partial charge in [0, 0.05) is 25.6 Å². The van der Waals surface area contributed by atoms with Gasteiger partial charge in [-0.1, -0.05) is 13.8 Å². The Labute approximate surface area is 99.6 Å². The molecule has 1 fully saturated rings. The van der Waals surface area contributed by atoms with Gasteiger partial charge in [0.2, 0.25) is 5.91 Å². The molecule has 0 aliphatic heterocycles. The van der Waals surface area contributed by atoms with Crippen LogP contribution in [-0.2, 0) is 4.79 Å². The summed E-state index contributed by atoms with van der Waals surface area (Å²) in [5, 5.41) is 3.07. The van der Waals surface area contributed by atoms with E-state index >= 15 is 0 Å². The molecule has 3 heteroatoms. The van der Waals surface area contributed by atoms with Crippen LogP contribution in [0.2, 0.25) is 0 Å². The summed E-state index contributed by atoms with van der Waals surface area (Å²) >= 11 is 0. The standard InChI is InChI=1S/C13H26N2O/c1-10-5-7-12(8-6-10)15(4)13(16)11(2)9-14-3/h10-12,14H,5-9H2,1-4H3. The van der Waals surface area contributed by atoms with Gasteiger partial charge < -0.3 is 10.2 Å². The van der Waals surface area contributed by atoms with Crippen LogP contribution < -0.4 is 5.32 Å². The Morgan fingerprint density at radius 1 is 1.38 bits per heavy atom. The third-order valence-corrected chi connectivity index (χ3v) is 3.81. The molecule has 0 aromatic heterocycles. The van der Waals surface area contributed by atoms with Crippen molar-refractivity contribution in [2.45, 2.75) is 45.6 Å².